The molecule has 0 aliphatic carbocycles. The Hall–Kier alpha value is -2.88. The molecule has 134 valence electrons. The number of nitrogens with one attached hydrogen (secondary N) is 2. The molecule has 0 atom stereocenters. The molecule has 0 aliphatic rings. The summed E-state index contributed by atoms with van der Waals surface area (Å²) in [4.78, 5) is 46.0. The lowest BCUT2D eigenvalue weighted by Gasteiger charge is -2.07. The van der Waals surface area contributed by atoms with Crippen molar-refractivity contribution in [2.45, 2.75) is 26.4 Å². The fourth-order valence-electron chi connectivity index (χ4n) is 1.88. The number of ether oxygens (including phenoxy) is 1. The summed E-state index contributed by atoms with van der Waals surface area (Å²) >= 11 is 1.05. The number of rotatable bonds is 7. The van der Waals surface area contributed by atoms with E-state index < -0.39 is 24.5 Å². The quantitative estimate of drug-likeness (QED) is 0.698. The molecule has 0 fully saturated rings. The molecular formula is C15H17N3O6S. The van der Waals surface area contributed by atoms with Crippen LogP contribution in [0.2, 0.25) is 0 Å². The maximum atomic E-state index is 11.6. The van der Waals surface area contributed by atoms with E-state index in [2.05, 4.69) is 5.32 Å². The highest BCUT2D eigenvalue weighted by molar-refractivity contribution is 7.07. The average Bonchev–Trinajstić information content (AvgIpc) is 3.20. The molecule has 0 radical (unpaired) electrons. The number of aryl methyl sites for hydroxylation is 1. The van der Waals surface area contributed by atoms with E-state index in [1.807, 2.05) is 5.32 Å². The fourth-order valence-corrected chi connectivity index (χ4v) is 2.64. The van der Waals surface area contributed by atoms with Gasteiger partial charge in [-0.2, -0.15) is 0 Å². The summed E-state index contributed by atoms with van der Waals surface area (Å²) in [6.07, 6.45) is 1.42. The molecule has 2 heterocycles. The monoisotopic (exact) mass is 367 g/mol. The first-order chi connectivity index (χ1) is 12.0. The third-order valence-corrected chi connectivity index (χ3v) is 4.02. The Labute approximate surface area is 146 Å². The zero-order chi connectivity index (χ0) is 18.2. The van der Waals surface area contributed by atoms with E-state index in [-0.39, 0.29) is 24.4 Å². The average molecular weight is 367 g/mol. The van der Waals surface area contributed by atoms with Gasteiger partial charge in [-0.15, -0.1) is 0 Å². The van der Waals surface area contributed by atoms with Crippen LogP contribution in [0.1, 0.15) is 17.9 Å². The number of amides is 3. The second kappa shape index (κ2) is 8.83. The van der Waals surface area contributed by atoms with E-state index in [1.165, 1.54) is 10.8 Å². The lowest BCUT2D eigenvalue weighted by molar-refractivity contribution is -0.148. The normalized spacial score (nSPS) is 10.3. The van der Waals surface area contributed by atoms with Gasteiger partial charge in [0.05, 0.1) is 19.2 Å². The Morgan fingerprint density at radius 2 is 2.16 bits per heavy atom. The number of hydrogen-bond donors (Lipinski definition) is 2. The molecule has 9 nitrogen and oxygen atoms in total. The van der Waals surface area contributed by atoms with Crippen LogP contribution in [0.4, 0.5) is 4.79 Å². The van der Waals surface area contributed by atoms with Crippen molar-refractivity contribution in [1.29, 1.82) is 0 Å². The molecule has 0 aliphatic heterocycles. The number of carbonyl (C=O) groups is 3. The minimum Gasteiger partial charge on any atom is -0.467 e. The van der Waals surface area contributed by atoms with Crippen LogP contribution in [0.15, 0.2) is 33.0 Å². The summed E-state index contributed by atoms with van der Waals surface area (Å²) in [6, 6.07) is 2.62. The molecule has 25 heavy (non-hydrogen) atoms. The van der Waals surface area contributed by atoms with Crippen LogP contribution in [-0.4, -0.2) is 29.1 Å². The zero-order valence-electron chi connectivity index (χ0n) is 13.4. The van der Waals surface area contributed by atoms with Crippen molar-refractivity contribution in [3.05, 3.63) is 44.9 Å². The van der Waals surface area contributed by atoms with Gasteiger partial charge < -0.3 is 19.0 Å². The van der Waals surface area contributed by atoms with Gasteiger partial charge in [0.2, 0.25) is 0 Å². The van der Waals surface area contributed by atoms with Crippen molar-refractivity contribution in [3.63, 3.8) is 0 Å². The molecule has 0 unspecified atom stereocenters. The van der Waals surface area contributed by atoms with Crippen molar-refractivity contribution in [2.75, 3.05) is 6.61 Å². The third kappa shape index (κ3) is 5.92. The second-order valence-corrected chi connectivity index (χ2v) is 5.84. The van der Waals surface area contributed by atoms with Crippen molar-refractivity contribution < 1.29 is 23.5 Å². The van der Waals surface area contributed by atoms with Gasteiger partial charge >= 0.3 is 16.9 Å². The predicted molar refractivity (Wildman–Crippen MR) is 88.0 cm³/mol. The Bertz CT molecular complexity index is 793. The molecule has 10 heteroatoms. The highest BCUT2D eigenvalue weighted by Gasteiger charge is 2.12. The first kappa shape index (κ1) is 18.5. The van der Waals surface area contributed by atoms with E-state index in [0.717, 1.165) is 17.0 Å². The SMILES string of the molecule is Cc1csc(=O)n1CCC(=O)OCC(=O)NC(=O)NCc1ccco1. The van der Waals surface area contributed by atoms with Gasteiger partial charge in [-0.25, -0.2) is 4.79 Å². The number of furan rings is 1. The summed E-state index contributed by atoms with van der Waals surface area (Å²) in [7, 11) is 0. The van der Waals surface area contributed by atoms with Crippen LogP contribution in [0, 0.1) is 6.92 Å². The lowest BCUT2D eigenvalue weighted by Crippen LogP contribution is -2.41. The number of urea groups is 1. The highest BCUT2D eigenvalue weighted by Crippen LogP contribution is 2.01. The Morgan fingerprint density at radius 3 is 2.80 bits per heavy atom. The topological polar surface area (TPSA) is 120 Å². The third-order valence-electron chi connectivity index (χ3n) is 3.14. The van der Waals surface area contributed by atoms with Gasteiger partial charge in [0.1, 0.15) is 5.76 Å². The predicted octanol–water partition coefficient (Wildman–Crippen LogP) is 0.771. The smallest absolute Gasteiger partial charge is 0.321 e. The number of hydrogen-bond acceptors (Lipinski definition) is 7. The summed E-state index contributed by atoms with van der Waals surface area (Å²) < 4.78 is 11.2. The summed E-state index contributed by atoms with van der Waals surface area (Å²) in [5.74, 6) is -0.856. The van der Waals surface area contributed by atoms with Crippen LogP contribution < -0.4 is 15.5 Å². The van der Waals surface area contributed by atoms with Gasteiger partial charge in [0, 0.05) is 17.6 Å². The molecule has 0 bridgehead atoms. The molecule has 2 N–H and O–H groups in total. The minimum atomic E-state index is -0.755. The second-order valence-electron chi connectivity index (χ2n) is 5.02. The summed E-state index contributed by atoms with van der Waals surface area (Å²) in [5, 5.41) is 6.14. The van der Waals surface area contributed by atoms with E-state index in [0.29, 0.717) is 5.76 Å². The largest absolute Gasteiger partial charge is 0.467 e. The molecule has 0 aromatic carbocycles. The summed E-state index contributed by atoms with van der Waals surface area (Å²) in [6.45, 7) is 1.49. The Kier molecular flexibility index (Phi) is 6.52. The van der Waals surface area contributed by atoms with Crippen molar-refractivity contribution in [1.82, 2.24) is 15.2 Å². The number of aromatic nitrogens is 1. The summed E-state index contributed by atoms with van der Waals surface area (Å²) in [5.41, 5.74) is 0.758. The molecule has 0 saturated heterocycles. The zero-order valence-corrected chi connectivity index (χ0v) is 14.3. The number of carbonyl (C=O) groups excluding carboxylic acids is 3. The number of nitrogens with zero attached hydrogens (tertiary/aromatic N) is 1. The van der Waals surface area contributed by atoms with Gasteiger partial charge in [0.15, 0.2) is 6.61 Å². The minimum absolute atomic E-state index is 0.0462. The van der Waals surface area contributed by atoms with Crippen LogP contribution in [0.25, 0.3) is 0 Å². The molecule has 2 aromatic rings. The fraction of sp³-hybridized carbons (Fsp3) is 0.333. The van der Waals surface area contributed by atoms with Gasteiger partial charge in [-0.05, 0) is 19.1 Å². The standard InChI is InChI=1S/C15H17N3O6S/c1-10-9-25-15(22)18(10)5-4-13(20)24-8-12(19)17-14(21)16-7-11-3-2-6-23-11/h2-3,6,9H,4-5,7-8H2,1H3,(H2,16,17,19,21). The first-order valence-corrected chi connectivity index (χ1v) is 8.24. The van der Waals surface area contributed by atoms with Crippen molar-refractivity contribution in [2.24, 2.45) is 0 Å². The maximum Gasteiger partial charge on any atom is 0.321 e. The highest BCUT2D eigenvalue weighted by atomic mass is 32.1. The van der Waals surface area contributed by atoms with Gasteiger partial charge in [-0.3, -0.25) is 19.7 Å². The molecule has 0 saturated carbocycles. The van der Waals surface area contributed by atoms with Crippen LogP contribution in [-0.2, 0) is 27.4 Å². The molecular weight excluding hydrogens is 350 g/mol. The maximum absolute atomic E-state index is 11.6. The Balaban J connectivity index is 1.64. The molecule has 2 rings (SSSR count). The number of imide groups is 1. The van der Waals surface area contributed by atoms with E-state index in [4.69, 9.17) is 9.15 Å². The molecule has 2 aromatic heterocycles. The van der Waals surface area contributed by atoms with Crippen molar-refractivity contribution >= 4 is 29.2 Å². The van der Waals surface area contributed by atoms with Crippen molar-refractivity contribution in [3.8, 4) is 0 Å². The van der Waals surface area contributed by atoms with Gasteiger partial charge in [0.25, 0.3) is 5.91 Å². The molecule has 0 spiro atoms. The molecule has 3 amide bonds. The Morgan fingerprint density at radius 1 is 1.36 bits per heavy atom. The van der Waals surface area contributed by atoms with Crippen LogP contribution >= 0.6 is 11.3 Å². The number of esters is 1. The van der Waals surface area contributed by atoms with E-state index in [9.17, 15) is 19.2 Å². The number of thiazole rings is 1. The van der Waals surface area contributed by atoms with Crippen LogP contribution in [0.3, 0.4) is 0 Å². The lowest BCUT2D eigenvalue weighted by atomic mass is 10.4. The van der Waals surface area contributed by atoms with Gasteiger partial charge in [-0.1, -0.05) is 11.3 Å². The first-order valence-electron chi connectivity index (χ1n) is 7.36. The van der Waals surface area contributed by atoms with E-state index in [1.54, 1.807) is 24.4 Å². The van der Waals surface area contributed by atoms with Crippen LogP contribution in [0.5, 0.6) is 0 Å². The van der Waals surface area contributed by atoms with E-state index >= 15 is 0 Å².